The quantitative estimate of drug-likeness (QED) is 0.267. The minimum atomic E-state index is -2.43. The van der Waals surface area contributed by atoms with Gasteiger partial charge in [0.15, 0.2) is 0 Å². The van der Waals surface area contributed by atoms with Gasteiger partial charge in [0.2, 0.25) is 0 Å². The van der Waals surface area contributed by atoms with Crippen molar-refractivity contribution in [1.29, 1.82) is 0 Å². The second-order valence-corrected chi connectivity index (χ2v) is 19.0. The third-order valence-electron chi connectivity index (χ3n) is 5.93. The number of aliphatic imine (C=N–C) groups is 1. The normalized spacial score (nSPS) is 17.3. The van der Waals surface area contributed by atoms with Gasteiger partial charge < -0.3 is 0 Å². The van der Waals surface area contributed by atoms with E-state index >= 15 is 0 Å². The molecule has 1 aromatic carbocycles. The van der Waals surface area contributed by atoms with Gasteiger partial charge in [0.25, 0.3) is 0 Å². The van der Waals surface area contributed by atoms with Crippen molar-refractivity contribution in [2.45, 2.75) is 38.8 Å². The van der Waals surface area contributed by atoms with E-state index in [1.165, 1.54) is 12.1 Å². The Morgan fingerprint density at radius 3 is 2.45 bits per heavy atom. The molecule has 1 N–H and O–H groups in total. The van der Waals surface area contributed by atoms with Crippen LogP contribution in [-0.2, 0) is 4.79 Å². The number of benzene rings is 1. The first kappa shape index (κ1) is 21.5. The summed E-state index contributed by atoms with van der Waals surface area (Å²) in [6.07, 6.45) is 5.30. The second-order valence-electron chi connectivity index (χ2n) is 8.05. The van der Waals surface area contributed by atoms with E-state index in [2.05, 4.69) is 72.3 Å². The summed E-state index contributed by atoms with van der Waals surface area (Å²) in [5.74, 6) is 0.344. The third kappa shape index (κ3) is 3.24. The van der Waals surface area contributed by atoms with Gasteiger partial charge in [-0.2, -0.15) is 0 Å². The molecule has 7 heteroatoms. The summed E-state index contributed by atoms with van der Waals surface area (Å²) in [5, 5.41) is 13.4. The average Bonchev–Trinajstić information content (AvgIpc) is 2.97. The number of hydrogen-bond donors (Lipinski definition) is 1. The summed E-state index contributed by atoms with van der Waals surface area (Å²) in [4.78, 5) is 17.4. The standard InChI is InChI=1S/C22H21BrINO2SeSi/c1-11(2)29(12(3)4)18-9-13(26)5-6-15(18)25-16-7-8-17(27)20(22(16)29)21-14(23)10-19(24)28-21/h5-12,27H,1-4H3. The van der Waals surface area contributed by atoms with E-state index in [4.69, 9.17) is 4.99 Å². The maximum absolute atomic E-state index is 12.4. The fourth-order valence-electron chi connectivity index (χ4n) is 4.91. The van der Waals surface area contributed by atoms with E-state index in [1.807, 2.05) is 18.2 Å². The van der Waals surface area contributed by atoms with Crippen LogP contribution in [0.4, 0.5) is 5.69 Å². The Labute approximate surface area is 200 Å². The molecule has 0 saturated heterocycles. The van der Waals surface area contributed by atoms with Crippen molar-refractivity contribution in [3.05, 3.63) is 48.5 Å². The predicted octanol–water partition coefficient (Wildman–Crippen LogP) is 5.65. The number of phenolic OH excluding ortho intramolecular Hbond substituents is 1. The zero-order valence-corrected chi connectivity index (χ0v) is 23.0. The van der Waals surface area contributed by atoms with Gasteiger partial charge in [0, 0.05) is 0 Å². The Bertz CT molecular complexity index is 1120. The minimum absolute atomic E-state index is 0.0315. The van der Waals surface area contributed by atoms with Crippen molar-refractivity contribution in [2.75, 3.05) is 0 Å². The summed E-state index contributed by atoms with van der Waals surface area (Å²) in [7, 11) is -2.43. The molecule has 0 radical (unpaired) electrons. The predicted molar refractivity (Wildman–Crippen MR) is 136 cm³/mol. The van der Waals surface area contributed by atoms with E-state index in [9.17, 15) is 9.90 Å². The van der Waals surface area contributed by atoms with E-state index < -0.39 is 8.07 Å². The summed E-state index contributed by atoms with van der Waals surface area (Å²) in [5.41, 5.74) is 3.50. The molecule has 1 aliphatic heterocycles. The molecule has 0 unspecified atom stereocenters. The molecule has 3 nitrogen and oxygen atoms in total. The molecule has 2 heterocycles. The van der Waals surface area contributed by atoms with Crippen molar-refractivity contribution < 1.29 is 9.90 Å². The van der Waals surface area contributed by atoms with Crippen LogP contribution in [0.1, 0.15) is 27.7 Å². The molecule has 0 bridgehead atoms. The monoisotopic (exact) mass is 645 g/mol. The number of ketones is 1. The molecule has 4 rings (SSSR count). The van der Waals surface area contributed by atoms with Crippen LogP contribution in [0.15, 0.2) is 51.1 Å². The first-order valence-corrected chi connectivity index (χ1v) is 15.3. The van der Waals surface area contributed by atoms with Gasteiger partial charge in [-0.1, -0.05) is 0 Å². The number of fused-ring (bicyclic) bond motifs is 2. The summed E-state index contributed by atoms with van der Waals surface area (Å²) < 4.78 is 3.51. The van der Waals surface area contributed by atoms with Crippen molar-refractivity contribution in [1.82, 2.24) is 0 Å². The second kappa shape index (κ2) is 7.75. The van der Waals surface area contributed by atoms with Crippen LogP contribution >= 0.6 is 38.5 Å². The number of phenols is 1. The number of allylic oxidation sites excluding steroid dienone is 4. The molecule has 150 valence electrons. The fourth-order valence-corrected chi connectivity index (χ4v) is 16.1. The van der Waals surface area contributed by atoms with Gasteiger partial charge in [0.1, 0.15) is 0 Å². The average molecular weight is 645 g/mol. The van der Waals surface area contributed by atoms with Gasteiger partial charge >= 0.3 is 201 Å². The first-order valence-electron chi connectivity index (χ1n) is 9.52. The Balaban J connectivity index is 2.19. The zero-order valence-electron chi connectivity index (χ0n) is 16.6. The van der Waals surface area contributed by atoms with Crippen LogP contribution in [0.5, 0.6) is 5.75 Å². The Hall–Kier alpha value is -0.734. The van der Waals surface area contributed by atoms with E-state index in [0.717, 1.165) is 26.6 Å². The molecule has 0 atom stereocenters. The molecule has 2 aromatic rings. The number of hydrogen-bond acceptors (Lipinski definition) is 3. The number of carbonyl (C=O) groups excluding carboxylic acids is 1. The fraction of sp³-hybridized carbons (Fsp3) is 0.273. The number of aromatic hydroxyl groups is 1. The molecule has 0 saturated carbocycles. The van der Waals surface area contributed by atoms with Crippen molar-refractivity contribution >= 4 is 83.5 Å². The summed E-state index contributed by atoms with van der Waals surface area (Å²) >= 11 is 6.26. The molecule has 1 aromatic heterocycles. The Morgan fingerprint density at radius 1 is 1.17 bits per heavy atom. The van der Waals surface area contributed by atoms with Gasteiger partial charge in [-0.3, -0.25) is 0 Å². The van der Waals surface area contributed by atoms with Crippen LogP contribution in [0.25, 0.3) is 10.0 Å². The summed E-state index contributed by atoms with van der Waals surface area (Å²) in [6.45, 7) is 9.06. The topological polar surface area (TPSA) is 49.7 Å². The molecule has 29 heavy (non-hydrogen) atoms. The number of halogens is 2. The van der Waals surface area contributed by atoms with Gasteiger partial charge in [0.05, 0.1) is 0 Å². The van der Waals surface area contributed by atoms with Crippen LogP contribution in [-0.4, -0.2) is 39.2 Å². The molecule has 0 fully saturated rings. The first-order chi connectivity index (χ1) is 13.7. The summed E-state index contributed by atoms with van der Waals surface area (Å²) in [6, 6.07) is 5.87. The molecular formula is C22H21BrINO2SeSi. The van der Waals surface area contributed by atoms with Crippen molar-refractivity contribution in [3.8, 4) is 15.8 Å². The van der Waals surface area contributed by atoms with Crippen LogP contribution in [0.2, 0.25) is 11.1 Å². The van der Waals surface area contributed by atoms with Crippen molar-refractivity contribution in [3.63, 3.8) is 0 Å². The number of carbonyl (C=O) groups is 1. The molecule has 0 amide bonds. The Kier molecular flexibility index (Phi) is 5.75. The van der Waals surface area contributed by atoms with Crippen LogP contribution < -0.4 is 5.19 Å². The van der Waals surface area contributed by atoms with Crippen molar-refractivity contribution in [2.24, 2.45) is 4.99 Å². The van der Waals surface area contributed by atoms with Crippen LogP contribution in [0.3, 0.4) is 0 Å². The van der Waals surface area contributed by atoms with E-state index in [0.29, 0.717) is 16.8 Å². The number of nitrogens with zero attached hydrogens (tertiary/aromatic N) is 1. The van der Waals surface area contributed by atoms with Gasteiger partial charge in [-0.05, 0) is 0 Å². The third-order valence-corrected chi connectivity index (χ3v) is 16.8. The van der Waals surface area contributed by atoms with Gasteiger partial charge in [-0.25, -0.2) is 0 Å². The molecule has 2 aliphatic rings. The molecule has 0 spiro atoms. The van der Waals surface area contributed by atoms with E-state index in [1.54, 1.807) is 12.1 Å². The molecule has 1 aliphatic carbocycles. The van der Waals surface area contributed by atoms with Crippen LogP contribution in [0, 0.1) is 2.44 Å². The van der Waals surface area contributed by atoms with Gasteiger partial charge in [-0.15, -0.1) is 0 Å². The zero-order chi connectivity index (χ0) is 21.1. The van der Waals surface area contributed by atoms with E-state index in [-0.39, 0.29) is 20.3 Å². The SMILES string of the molecule is CC(C)[Si]1(C(C)C)C2=CC(=O)C=CC2=Nc2ccc(O)c(-c3[se]c(I)cc3Br)c21. The maximum atomic E-state index is 12.4. The Morgan fingerprint density at radius 2 is 1.86 bits per heavy atom. The number of rotatable bonds is 3. The molecular weight excluding hydrogens is 624 g/mol.